The van der Waals surface area contributed by atoms with Crippen LogP contribution in [0.4, 0.5) is 17.3 Å². The van der Waals surface area contributed by atoms with Gasteiger partial charge in [0.05, 0.1) is 17.2 Å². The molecule has 1 amide bonds. The van der Waals surface area contributed by atoms with E-state index < -0.39 is 0 Å². The Morgan fingerprint density at radius 1 is 0.879 bits per heavy atom. The number of piperazine rings is 1. The van der Waals surface area contributed by atoms with Crippen LogP contribution in [0, 0.1) is 0 Å². The Labute approximate surface area is 190 Å². The Balaban J connectivity index is 1.23. The van der Waals surface area contributed by atoms with Crippen molar-refractivity contribution in [1.29, 1.82) is 0 Å². The molecule has 166 valence electrons. The zero-order valence-corrected chi connectivity index (χ0v) is 18.0. The molecule has 9 heteroatoms. The van der Waals surface area contributed by atoms with Crippen LogP contribution < -0.4 is 20.7 Å². The topological polar surface area (TPSA) is 96.2 Å². The molecular formula is C24H23N7O2. The summed E-state index contributed by atoms with van der Waals surface area (Å²) in [6, 6.07) is 19.2. The first-order chi connectivity index (χ1) is 16.2. The Kier molecular flexibility index (Phi) is 5.67. The van der Waals surface area contributed by atoms with E-state index in [1.54, 1.807) is 24.3 Å². The molecule has 3 heterocycles. The fourth-order valence-corrected chi connectivity index (χ4v) is 3.98. The zero-order valence-electron chi connectivity index (χ0n) is 18.0. The molecule has 1 aliphatic heterocycles. The monoisotopic (exact) mass is 441 g/mol. The van der Waals surface area contributed by atoms with E-state index in [-0.39, 0.29) is 18.0 Å². The highest BCUT2D eigenvalue weighted by Gasteiger charge is 2.19. The lowest BCUT2D eigenvalue weighted by atomic mass is 10.2. The lowest BCUT2D eigenvalue weighted by molar-refractivity contribution is -0.116. The molecule has 2 aromatic heterocycles. The van der Waals surface area contributed by atoms with Crippen molar-refractivity contribution >= 4 is 34.1 Å². The number of para-hydroxylation sites is 2. The Hall–Kier alpha value is -4.27. The minimum Gasteiger partial charge on any atom is -0.368 e. The van der Waals surface area contributed by atoms with Gasteiger partial charge in [0.15, 0.2) is 0 Å². The van der Waals surface area contributed by atoms with E-state index in [1.807, 2.05) is 24.3 Å². The number of rotatable bonds is 5. The maximum atomic E-state index is 12.6. The van der Waals surface area contributed by atoms with E-state index in [0.29, 0.717) is 16.7 Å². The number of hydrogen-bond acceptors (Lipinski definition) is 7. The normalized spacial score (nSPS) is 13.8. The Morgan fingerprint density at radius 2 is 1.61 bits per heavy atom. The second kappa shape index (κ2) is 9.07. The van der Waals surface area contributed by atoms with Crippen LogP contribution in [0.25, 0.3) is 10.9 Å². The van der Waals surface area contributed by atoms with Gasteiger partial charge in [-0.15, -0.1) is 0 Å². The van der Waals surface area contributed by atoms with Crippen molar-refractivity contribution in [2.75, 3.05) is 41.3 Å². The number of hydrogen-bond donors (Lipinski definition) is 1. The third-order valence-corrected chi connectivity index (χ3v) is 5.69. The highest BCUT2D eigenvalue weighted by atomic mass is 16.2. The van der Waals surface area contributed by atoms with Crippen molar-refractivity contribution in [3.05, 3.63) is 83.7 Å². The second-order valence-corrected chi connectivity index (χ2v) is 7.81. The van der Waals surface area contributed by atoms with Crippen LogP contribution in [0.5, 0.6) is 0 Å². The molecule has 0 radical (unpaired) electrons. The molecule has 1 N–H and O–H groups in total. The number of nitrogens with zero attached hydrogens (tertiary/aromatic N) is 6. The predicted molar refractivity (Wildman–Crippen MR) is 128 cm³/mol. The van der Waals surface area contributed by atoms with Crippen LogP contribution in [0.1, 0.15) is 0 Å². The molecular weight excluding hydrogens is 418 g/mol. The summed E-state index contributed by atoms with van der Waals surface area (Å²) in [6.45, 7) is 3.25. The van der Waals surface area contributed by atoms with Crippen molar-refractivity contribution < 1.29 is 4.79 Å². The van der Waals surface area contributed by atoms with Crippen LogP contribution in [-0.2, 0) is 11.3 Å². The molecule has 0 bridgehead atoms. The molecule has 0 aliphatic carbocycles. The van der Waals surface area contributed by atoms with Gasteiger partial charge in [0, 0.05) is 37.9 Å². The molecule has 0 saturated carbocycles. The number of carbonyl (C=O) groups is 1. The van der Waals surface area contributed by atoms with Crippen LogP contribution in [0.3, 0.4) is 0 Å². The standard InChI is InChI=1S/C24H23N7O2/c32-23(15-31-17-27-20-9-5-4-8-19(20)24(31)33)28-21-14-22(26-16-25-21)30-12-10-29(11-13-30)18-6-2-1-3-7-18/h1-9,14,16-17H,10-13,15H2,(H,25,26,28,32). The number of amides is 1. The van der Waals surface area contributed by atoms with Crippen LogP contribution in [0.15, 0.2) is 78.1 Å². The molecule has 1 fully saturated rings. The van der Waals surface area contributed by atoms with Gasteiger partial charge in [-0.25, -0.2) is 15.0 Å². The summed E-state index contributed by atoms with van der Waals surface area (Å²) >= 11 is 0. The third-order valence-electron chi connectivity index (χ3n) is 5.69. The molecule has 1 aliphatic rings. The number of nitrogens with one attached hydrogen (secondary N) is 1. The van der Waals surface area contributed by atoms with E-state index in [0.717, 1.165) is 32.0 Å². The quantitative estimate of drug-likeness (QED) is 0.507. The molecule has 0 unspecified atom stereocenters. The summed E-state index contributed by atoms with van der Waals surface area (Å²) < 4.78 is 1.29. The van der Waals surface area contributed by atoms with Gasteiger partial charge in [-0.2, -0.15) is 0 Å². The lowest BCUT2D eigenvalue weighted by Gasteiger charge is -2.36. The van der Waals surface area contributed by atoms with Crippen molar-refractivity contribution in [2.45, 2.75) is 6.54 Å². The third kappa shape index (κ3) is 4.52. The lowest BCUT2D eigenvalue weighted by Crippen LogP contribution is -2.46. The molecule has 5 rings (SSSR count). The van der Waals surface area contributed by atoms with E-state index >= 15 is 0 Å². The molecule has 1 saturated heterocycles. The van der Waals surface area contributed by atoms with Crippen molar-refractivity contribution in [3.8, 4) is 0 Å². The van der Waals surface area contributed by atoms with Crippen molar-refractivity contribution in [1.82, 2.24) is 19.5 Å². The van der Waals surface area contributed by atoms with Crippen molar-refractivity contribution in [2.24, 2.45) is 0 Å². The summed E-state index contributed by atoms with van der Waals surface area (Å²) in [5, 5.41) is 3.24. The van der Waals surface area contributed by atoms with Crippen LogP contribution in [-0.4, -0.2) is 51.6 Å². The molecule has 33 heavy (non-hydrogen) atoms. The molecule has 9 nitrogen and oxygen atoms in total. The highest BCUT2D eigenvalue weighted by molar-refractivity contribution is 5.90. The van der Waals surface area contributed by atoms with Gasteiger partial charge in [-0.3, -0.25) is 14.2 Å². The zero-order chi connectivity index (χ0) is 22.6. The maximum absolute atomic E-state index is 12.6. The van der Waals surface area contributed by atoms with E-state index in [2.05, 4.69) is 42.2 Å². The first-order valence-corrected chi connectivity index (χ1v) is 10.8. The second-order valence-electron chi connectivity index (χ2n) is 7.81. The fourth-order valence-electron chi connectivity index (χ4n) is 3.98. The minimum atomic E-state index is -0.354. The van der Waals surface area contributed by atoms with E-state index in [1.165, 1.54) is 22.9 Å². The fraction of sp³-hybridized carbons (Fsp3) is 0.208. The highest BCUT2D eigenvalue weighted by Crippen LogP contribution is 2.20. The van der Waals surface area contributed by atoms with Gasteiger partial charge in [-0.05, 0) is 24.3 Å². The van der Waals surface area contributed by atoms with Gasteiger partial charge in [-0.1, -0.05) is 30.3 Å². The minimum absolute atomic E-state index is 0.147. The first kappa shape index (κ1) is 20.6. The average molecular weight is 441 g/mol. The van der Waals surface area contributed by atoms with E-state index in [4.69, 9.17) is 0 Å². The number of aromatic nitrogens is 4. The van der Waals surface area contributed by atoms with Gasteiger partial charge >= 0.3 is 0 Å². The molecule has 0 atom stereocenters. The maximum Gasteiger partial charge on any atom is 0.261 e. The summed E-state index contributed by atoms with van der Waals surface area (Å²) in [6.07, 6.45) is 2.83. The van der Waals surface area contributed by atoms with E-state index in [9.17, 15) is 9.59 Å². The Morgan fingerprint density at radius 3 is 2.42 bits per heavy atom. The largest absolute Gasteiger partial charge is 0.368 e. The summed E-state index contributed by atoms with van der Waals surface area (Å²) in [5.74, 6) is 0.808. The van der Waals surface area contributed by atoms with Crippen molar-refractivity contribution in [3.63, 3.8) is 0 Å². The average Bonchev–Trinajstić information content (AvgIpc) is 2.87. The Bertz CT molecular complexity index is 1330. The smallest absolute Gasteiger partial charge is 0.261 e. The number of carbonyl (C=O) groups excluding carboxylic acids is 1. The number of anilines is 3. The molecule has 4 aromatic rings. The predicted octanol–water partition coefficient (Wildman–Crippen LogP) is 2.15. The molecule has 0 spiro atoms. The van der Waals surface area contributed by atoms with Crippen LogP contribution >= 0.6 is 0 Å². The summed E-state index contributed by atoms with van der Waals surface area (Å²) in [4.78, 5) is 42.5. The number of fused-ring (bicyclic) bond motifs is 1. The summed E-state index contributed by atoms with van der Waals surface area (Å²) in [5.41, 5.74) is 1.56. The van der Waals surface area contributed by atoms with Gasteiger partial charge in [0.2, 0.25) is 5.91 Å². The van der Waals surface area contributed by atoms with Gasteiger partial charge in [0.1, 0.15) is 24.5 Å². The first-order valence-electron chi connectivity index (χ1n) is 10.8. The molecule has 2 aromatic carbocycles. The van der Waals surface area contributed by atoms with Gasteiger partial charge in [0.25, 0.3) is 5.56 Å². The van der Waals surface area contributed by atoms with Crippen LogP contribution in [0.2, 0.25) is 0 Å². The SMILES string of the molecule is O=C(Cn1cnc2ccccc2c1=O)Nc1cc(N2CCN(c3ccccc3)CC2)ncn1. The summed E-state index contributed by atoms with van der Waals surface area (Å²) in [7, 11) is 0. The number of benzene rings is 2. The van der Waals surface area contributed by atoms with Gasteiger partial charge < -0.3 is 15.1 Å².